The van der Waals surface area contributed by atoms with Crippen molar-refractivity contribution in [3.63, 3.8) is 0 Å². The number of hydrogen-bond acceptors (Lipinski definition) is 2. The van der Waals surface area contributed by atoms with Crippen LogP contribution in [-0.4, -0.2) is 16.1 Å². The number of benzene rings is 1. The molecule has 17 heavy (non-hydrogen) atoms. The van der Waals surface area contributed by atoms with Crippen LogP contribution in [0.2, 0.25) is 0 Å². The van der Waals surface area contributed by atoms with Crippen molar-refractivity contribution in [2.45, 2.75) is 24.7 Å². The number of imidazole rings is 1. The zero-order valence-electron chi connectivity index (χ0n) is 9.91. The molecule has 1 heterocycles. The number of rotatable bonds is 2. The molecule has 1 fully saturated rings. The summed E-state index contributed by atoms with van der Waals surface area (Å²) in [6.07, 6.45) is 3.38. The van der Waals surface area contributed by atoms with Crippen LogP contribution in [0.4, 0.5) is 4.39 Å². The lowest BCUT2D eigenvalue weighted by molar-refractivity contribution is 0.233. The average molecular weight is 233 g/mol. The van der Waals surface area contributed by atoms with E-state index in [4.69, 9.17) is 5.73 Å². The number of fused-ring (bicyclic) bond motifs is 1. The fraction of sp³-hybridized carbons (Fsp3) is 0.462. The summed E-state index contributed by atoms with van der Waals surface area (Å²) in [6.45, 7) is 0.618. The molecule has 0 bridgehead atoms. The Morgan fingerprint density at radius 2 is 2.24 bits per heavy atom. The summed E-state index contributed by atoms with van der Waals surface area (Å²) in [7, 11) is 1.98. The van der Waals surface area contributed by atoms with Crippen molar-refractivity contribution in [3.8, 4) is 0 Å². The van der Waals surface area contributed by atoms with Crippen molar-refractivity contribution in [2.24, 2.45) is 12.8 Å². The van der Waals surface area contributed by atoms with Crippen molar-refractivity contribution in [3.05, 3.63) is 29.8 Å². The number of nitrogens with zero attached hydrogens (tertiary/aromatic N) is 2. The highest BCUT2D eigenvalue weighted by molar-refractivity contribution is 5.76. The largest absolute Gasteiger partial charge is 0.331 e. The molecule has 2 N–H and O–H groups in total. The van der Waals surface area contributed by atoms with Crippen LogP contribution in [0.15, 0.2) is 18.2 Å². The Kier molecular flexibility index (Phi) is 2.23. The number of aromatic nitrogens is 2. The fourth-order valence-electron chi connectivity index (χ4n) is 2.77. The highest BCUT2D eigenvalue weighted by Crippen LogP contribution is 2.42. The maximum absolute atomic E-state index is 13.2. The summed E-state index contributed by atoms with van der Waals surface area (Å²) in [4.78, 5) is 4.58. The first-order valence-corrected chi connectivity index (χ1v) is 5.99. The zero-order valence-corrected chi connectivity index (χ0v) is 9.91. The van der Waals surface area contributed by atoms with E-state index in [1.165, 1.54) is 18.6 Å². The first kappa shape index (κ1) is 10.7. The van der Waals surface area contributed by atoms with E-state index in [1.807, 2.05) is 7.05 Å². The molecule has 3 nitrogen and oxygen atoms in total. The van der Waals surface area contributed by atoms with Crippen LogP contribution in [0.3, 0.4) is 0 Å². The Bertz CT molecular complexity index is 564. The van der Waals surface area contributed by atoms with Crippen LogP contribution >= 0.6 is 0 Å². The van der Waals surface area contributed by atoms with Gasteiger partial charge < -0.3 is 10.3 Å². The smallest absolute Gasteiger partial charge is 0.125 e. The Hall–Kier alpha value is -1.42. The summed E-state index contributed by atoms with van der Waals surface area (Å²) in [5.74, 6) is 0.768. The highest BCUT2D eigenvalue weighted by atomic mass is 19.1. The maximum atomic E-state index is 13.2. The van der Waals surface area contributed by atoms with E-state index >= 15 is 0 Å². The molecule has 3 rings (SSSR count). The molecule has 90 valence electrons. The van der Waals surface area contributed by atoms with Crippen molar-refractivity contribution < 1.29 is 4.39 Å². The number of hydrogen-bond donors (Lipinski definition) is 1. The second-order valence-corrected chi connectivity index (χ2v) is 4.97. The second-order valence-electron chi connectivity index (χ2n) is 4.97. The maximum Gasteiger partial charge on any atom is 0.125 e. The lowest BCUT2D eigenvalue weighted by Gasteiger charge is -2.40. The van der Waals surface area contributed by atoms with Gasteiger partial charge in [-0.05, 0) is 25.0 Å². The molecule has 1 aromatic heterocycles. The standard InChI is InChI=1S/C13H16FN3/c1-17-11-4-3-9(14)7-10(11)16-12(17)13(8-15)5-2-6-13/h3-4,7H,2,5-6,8,15H2,1H3. The second kappa shape index (κ2) is 3.53. The molecule has 0 aliphatic heterocycles. The number of aryl methyl sites for hydroxylation is 1. The molecule has 1 aliphatic rings. The minimum atomic E-state index is -0.238. The first-order chi connectivity index (χ1) is 8.16. The van der Waals surface area contributed by atoms with Gasteiger partial charge in [-0.15, -0.1) is 0 Å². The van der Waals surface area contributed by atoms with Gasteiger partial charge in [0.1, 0.15) is 11.6 Å². The van der Waals surface area contributed by atoms with Crippen LogP contribution in [-0.2, 0) is 12.5 Å². The molecule has 0 spiro atoms. The topological polar surface area (TPSA) is 43.8 Å². The Balaban J connectivity index is 2.20. The predicted octanol–water partition coefficient (Wildman–Crippen LogP) is 2.09. The van der Waals surface area contributed by atoms with Crippen LogP contribution in [0, 0.1) is 5.82 Å². The van der Waals surface area contributed by atoms with Crippen molar-refractivity contribution in [1.29, 1.82) is 0 Å². The Labute approximate surface area is 99.4 Å². The SMILES string of the molecule is Cn1c(C2(CN)CCC2)nc2cc(F)ccc21. The van der Waals surface area contributed by atoms with E-state index in [-0.39, 0.29) is 11.2 Å². The molecular weight excluding hydrogens is 217 g/mol. The van der Waals surface area contributed by atoms with Gasteiger partial charge in [0.05, 0.1) is 11.0 Å². The van der Waals surface area contributed by atoms with Crippen molar-refractivity contribution in [2.75, 3.05) is 6.54 Å². The van der Waals surface area contributed by atoms with E-state index in [0.29, 0.717) is 6.54 Å². The van der Waals surface area contributed by atoms with Gasteiger partial charge in [0, 0.05) is 25.1 Å². The Morgan fingerprint density at radius 1 is 1.47 bits per heavy atom. The molecule has 1 aliphatic carbocycles. The van der Waals surface area contributed by atoms with Gasteiger partial charge in [-0.25, -0.2) is 9.37 Å². The molecule has 1 saturated carbocycles. The van der Waals surface area contributed by atoms with Gasteiger partial charge >= 0.3 is 0 Å². The lowest BCUT2D eigenvalue weighted by atomic mass is 9.68. The number of nitrogens with two attached hydrogens (primary N) is 1. The van der Waals surface area contributed by atoms with Gasteiger partial charge in [0.25, 0.3) is 0 Å². The van der Waals surface area contributed by atoms with E-state index in [9.17, 15) is 4.39 Å². The fourth-order valence-corrected chi connectivity index (χ4v) is 2.77. The summed E-state index contributed by atoms with van der Waals surface area (Å²) in [5, 5.41) is 0. The van der Waals surface area contributed by atoms with Gasteiger partial charge in [-0.2, -0.15) is 0 Å². The zero-order chi connectivity index (χ0) is 12.0. The molecule has 0 unspecified atom stereocenters. The van der Waals surface area contributed by atoms with Crippen LogP contribution in [0.1, 0.15) is 25.1 Å². The van der Waals surface area contributed by atoms with E-state index < -0.39 is 0 Å². The van der Waals surface area contributed by atoms with E-state index in [2.05, 4.69) is 9.55 Å². The van der Waals surface area contributed by atoms with Crippen LogP contribution in [0.25, 0.3) is 11.0 Å². The van der Waals surface area contributed by atoms with Gasteiger partial charge in [-0.1, -0.05) is 6.42 Å². The molecule has 0 radical (unpaired) electrons. The van der Waals surface area contributed by atoms with Crippen LogP contribution < -0.4 is 5.73 Å². The molecule has 2 aromatic rings. The third-order valence-corrected chi connectivity index (χ3v) is 4.02. The monoisotopic (exact) mass is 233 g/mol. The summed E-state index contributed by atoms with van der Waals surface area (Å²) >= 11 is 0. The summed E-state index contributed by atoms with van der Waals surface area (Å²) < 4.78 is 15.2. The van der Waals surface area contributed by atoms with E-state index in [1.54, 1.807) is 6.07 Å². The minimum absolute atomic E-state index is 0.0181. The van der Waals surface area contributed by atoms with Gasteiger partial charge in [-0.3, -0.25) is 0 Å². The summed E-state index contributed by atoms with van der Waals surface area (Å²) in [5.41, 5.74) is 7.61. The molecule has 0 atom stereocenters. The molecular formula is C13H16FN3. The lowest BCUT2D eigenvalue weighted by Crippen LogP contribution is -2.43. The molecule has 1 aromatic carbocycles. The van der Waals surface area contributed by atoms with Crippen LogP contribution in [0.5, 0.6) is 0 Å². The van der Waals surface area contributed by atoms with Gasteiger partial charge in [0.2, 0.25) is 0 Å². The van der Waals surface area contributed by atoms with E-state index in [0.717, 1.165) is 29.7 Å². The molecule has 0 amide bonds. The average Bonchev–Trinajstić information content (AvgIpc) is 2.56. The minimum Gasteiger partial charge on any atom is -0.331 e. The highest BCUT2D eigenvalue weighted by Gasteiger charge is 2.41. The quantitative estimate of drug-likeness (QED) is 0.863. The predicted molar refractivity (Wildman–Crippen MR) is 65.3 cm³/mol. The molecule has 4 heteroatoms. The van der Waals surface area contributed by atoms with Gasteiger partial charge in [0.15, 0.2) is 0 Å². The summed E-state index contributed by atoms with van der Waals surface area (Å²) in [6, 6.07) is 4.75. The first-order valence-electron chi connectivity index (χ1n) is 5.99. The normalized spacial score (nSPS) is 18.3. The van der Waals surface area contributed by atoms with Crippen molar-refractivity contribution in [1.82, 2.24) is 9.55 Å². The molecule has 0 saturated heterocycles. The number of halogens is 1. The van der Waals surface area contributed by atoms with Crippen molar-refractivity contribution >= 4 is 11.0 Å². The third kappa shape index (κ3) is 1.40. The Morgan fingerprint density at radius 3 is 2.82 bits per heavy atom. The third-order valence-electron chi connectivity index (χ3n) is 4.02.